The average Bonchev–Trinajstić information content (AvgIpc) is 2.75. The molecule has 0 spiro atoms. The molecular formula is C26H27NOSi. The molecule has 2 nitrogen and oxygen atoms in total. The van der Waals surface area contributed by atoms with Crippen LogP contribution >= 0.6 is 0 Å². The van der Waals surface area contributed by atoms with Crippen molar-refractivity contribution in [2.24, 2.45) is 0 Å². The maximum absolute atomic E-state index is 12.7. The van der Waals surface area contributed by atoms with Crippen molar-refractivity contribution >= 4 is 19.2 Å². The highest BCUT2D eigenvalue weighted by atomic mass is 28.3. The van der Waals surface area contributed by atoms with E-state index in [1.807, 2.05) is 36.4 Å². The van der Waals surface area contributed by atoms with Crippen LogP contribution in [0, 0.1) is 18.4 Å². The number of hydrogen-bond acceptors (Lipinski definition) is 1. The quantitative estimate of drug-likeness (QED) is 0.496. The van der Waals surface area contributed by atoms with Crippen LogP contribution in [0.4, 0.5) is 0 Å². The summed E-state index contributed by atoms with van der Waals surface area (Å²) in [6, 6.07) is 28.7. The molecule has 0 heterocycles. The Morgan fingerprint density at radius 1 is 0.897 bits per heavy atom. The second kappa shape index (κ2) is 9.40. The molecule has 3 heteroatoms. The van der Waals surface area contributed by atoms with Gasteiger partial charge in [-0.3, -0.25) is 4.79 Å². The predicted octanol–water partition coefficient (Wildman–Crippen LogP) is 4.55. The van der Waals surface area contributed by atoms with Gasteiger partial charge in [-0.1, -0.05) is 104 Å². The first kappa shape index (κ1) is 20.6. The van der Waals surface area contributed by atoms with Gasteiger partial charge >= 0.3 is 0 Å². The van der Waals surface area contributed by atoms with E-state index in [1.165, 1.54) is 16.3 Å². The third-order valence-electron chi connectivity index (χ3n) is 5.05. The van der Waals surface area contributed by atoms with Crippen molar-refractivity contribution in [2.75, 3.05) is 0 Å². The lowest BCUT2D eigenvalue weighted by Gasteiger charge is -2.19. The Labute approximate surface area is 175 Å². The first-order valence-electron chi connectivity index (χ1n) is 9.94. The first-order valence-corrected chi connectivity index (χ1v) is 12.9. The van der Waals surface area contributed by atoms with Crippen LogP contribution in [0.5, 0.6) is 0 Å². The van der Waals surface area contributed by atoms with E-state index in [4.69, 9.17) is 0 Å². The minimum atomic E-state index is -1.97. The molecule has 1 unspecified atom stereocenters. The lowest BCUT2D eigenvalue weighted by Crippen LogP contribution is -2.40. The Balaban J connectivity index is 1.77. The Morgan fingerprint density at radius 2 is 1.48 bits per heavy atom. The molecule has 0 bridgehead atoms. The fourth-order valence-corrected chi connectivity index (χ4v) is 4.83. The molecule has 29 heavy (non-hydrogen) atoms. The summed E-state index contributed by atoms with van der Waals surface area (Å²) in [5, 5.41) is 4.37. The number of amides is 1. The van der Waals surface area contributed by atoms with Crippen LogP contribution in [0.3, 0.4) is 0 Å². The number of aryl methyl sites for hydroxylation is 1. The maximum Gasteiger partial charge on any atom is 0.295 e. The summed E-state index contributed by atoms with van der Waals surface area (Å²) in [7, 11) is -1.97. The molecule has 1 atom stereocenters. The maximum atomic E-state index is 12.7. The fourth-order valence-electron chi connectivity index (χ4n) is 3.23. The monoisotopic (exact) mass is 397 g/mol. The smallest absolute Gasteiger partial charge is 0.295 e. The minimum absolute atomic E-state index is 0.109. The lowest BCUT2D eigenvalue weighted by atomic mass is 9.98. The third-order valence-corrected chi connectivity index (χ3v) is 7.58. The molecule has 1 N–H and O–H groups in total. The van der Waals surface area contributed by atoms with Gasteiger partial charge in [-0.25, -0.2) is 0 Å². The van der Waals surface area contributed by atoms with Crippen LogP contribution in [0.2, 0.25) is 13.1 Å². The predicted molar refractivity (Wildman–Crippen MR) is 124 cm³/mol. The van der Waals surface area contributed by atoms with Gasteiger partial charge in [-0.2, -0.15) is 0 Å². The Bertz CT molecular complexity index is 999. The summed E-state index contributed by atoms with van der Waals surface area (Å²) in [4.78, 5) is 12.7. The molecule has 0 radical (unpaired) electrons. The molecule has 3 aromatic rings. The summed E-state index contributed by atoms with van der Waals surface area (Å²) >= 11 is 0. The molecular weight excluding hydrogens is 370 g/mol. The molecule has 0 aromatic heterocycles. The van der Waals surface area contributed by atoms with Crippen LogP contribution in [0.25, 0.3) is 0 Å². The van der Waals surface area contributed by atoms with Gasteiger partial charge in [0.05, 0.1) is 6.04 Å². The largest absolute Gasteiger partial charge is 0.338 e. The van der Waals surface area contributed by atoms with Gasteiger partial charge in [0, 0.05) is 0 Å². The number of benzene rings is 3. The van der Waals surface area contributed by atoms with Gasteiger partial charge < -0.3 is 5.32 Å². The minimum Gasteiger partial charge on any atom is -0.338 e. The second-order valence-corrected chi connectivity index (χ2v) is 11.9. The molecule has 3 aromatic carbocycles. The average molecular weight is 398 g/mol. The van der Waals surface area contributed by atoms with E-state index >= 15 is 0 Å². The van der Waals surface area contributed by atoms with Crippen molar-refractivity contribution in [2.45, 2.75) is 32.5 Å². The molecule has 0 fully saturated rings. The Kier molecular flexibility index (Phi) is 6.69. The summed E-state index contributed by atoms with van der Waals surface area (Å²) in [5.74, 6) is 2.66. The van der Waals surface area contributed by atoms with Crippen molar-refractivity contribution in [1.29, 1.82) is 0 Å². The Morgan fingerprint density at radius 3 is 2.10 bits per heavy atom. The third kappa shape index (κ3) is 5.94. The number of nitrogens with one attached hydrogen (secondary N) is 1. The molecule has 0 aliphatic heterocycles. The van der Waals surface area contributed by atoms with Gasteiger partial charge in [0.2, 0.25) is 0 Å². The topological polar surface area (TPSA) is 29.1 Å². The summed E-state index contributed by atoms with van der Waals surface area (Å²) in [5.41, 5.74) is 6.79. The van der Waals surface area contributed by atoms with Crippen LogP contribution in [0.1, 0.15) is 22.7 Å². The molecule has 0 saturated carbocycles. The highest BCUT2D eigenvalue weighted by Gasteiger charge is 2.21. The van der Waals surface area contributed by atoms with Crippen LogP contribution in [-0.4, -0.2) is 14.0 Å². The van der Waals surface area contributed by atoms with Crippen LogP contribution < -0.4 is 10.5 Å². The molecule has 1 amide bonds. The van der Waals surface area contributed by atoms with Crippen molar-refractivity contribution in [3.63, 3.8) is 0 Å². The highest BCUT2D eigenvalue weighted by Crippen LogP contribution is 2.18. The molecule has 146 valence electrons. The number of carbonyl (C=O) groups excluding carboxylic acids is 1. The lowest BCUT2D eigenvalue weighted by molar-refractivity contribution is -0.116. The fraction of sp³-hybridized carbons (Fsp3) is 0.192. The number of rotatable bonds is 5. The molecule has 3 rings (SSSR count). The summed E-state index contributed by atoms with van der Waals surface area (Å²) in [6.45, 7) is 6.42. The van der Waals surface area contributed by atoms with Crippen molar-refractivity contribution < 1.29 is 4.79 Å². The number of carbonyl (C=O) groups is 1. The van der Waals surface area contributed by atoms with E-state index in [-0.39, 0.29) is 11.9 Å². The van der Waals surface area contributed by atoms with Crippen molar-refractivity contribution in [3.05, 3.63) is 102 Å². The van der Waals surface area contributed by atoms with Crippen LogP contribution in [-0.2, 0) is 11.2 Å². The van der Waals surface area contributed by atoms with E-state index in [0.717, 1.165) is 12.0 Å². The van der Waals surface area contributed by atoms with Gasteiger partial charge in [-0.15, -0.1) is 5.54 Å². The zero-order chi connectivity index (χ0) is 20.7. The highest BCUT2D eigenvalue weighted by molar-refractivity contribution is 6.96. The van der Waals surface area contributed by atoms with E-state index in [0.29, 0.717) is 0 Å². The van der Waals surface area contributed by atoms with Crippen molar-refractivity contribution in [1.82, 2.24) is 5.32 Å². The first-order chi connectivity index (χ1) is 13.9. The van der Waals surface area contributed by atoms with Gasteiger partial charge in [0.15, 0.2) is 8.07 Å². The Hall–Kier alpha value is -3.09. The van der Waals surface area contributed by atoms with Crippen molar-refractivity contribution in [3.8, 4) is 11.5 Å². The van der Waals surface area contributed by atoms with E-state index in [1.54, 1.807) is 0 Å². The van der Waals surface area contributed by atoms with Gasteiger partial charge in [0.25, 0.3) is 5.91 Å². The molecule has 0 aliphatic rings. The SMILES string of the molecule is Cc1ccc(CC(NC(=O)C#C[Si](C)(C)c2ccccc2)c2ccccc2)cc1. The molecule has 0 saturated heterocycles. The zero-order valence-electron chi connectivity index (χ0n) is 17.3. The van der Waals surface area contributed by atoms with E-state index in [9.17, 15) is 4.79 Å². The van der Waals surface area contributed by atoms with E-state index < -0.39 is 8.07 Å². The zero-order valence-corrected chi connectivity index (χ0v) is 18.3. The summed E-state index contributed by atoms with van der Waals surface area (Å²) < 4.78 is 0. The standard InChI is InChI=1S/C26H27NOSi/c1-21-14-16-22(17-15-21)20-25(23-10-6-4-7-11-23)27-26(28)18-19-29(2,3)24-12-8-5-9-13-24/h4-17,25H,20H2,1-3H3,(H,27,28). The second-order valence-electron chi connectivity index (χ2n) is 7.87. The van der Waals surface area contributed by atoms with Gasteiger partial charge in [0.1, 0.15) is 0 Å². The summed E-state index contributed by atoms with van der Waals surface area (Å²) in [6.07, 6.45) is 0.733. The normalized spacial score (nSPS) is 11.8. The van der Waals surface area contributed by atoms with Crippen LogP contribution in [0.15, 0.2) is 84.9 Å². The number of hydrogen-bond donors (Lipinski definition) is 1. The van der Waals surface area contributed by atoms with Gasteiger partial charge in [-0.05, 0) is 35.6 Å². The van der Waals surface area contributed by atoms with E-state index in [2.05, 4.69) is 85.3 Å². The molecule has 0 aliphatic carbocycles.